The van der Waals surface area contributed by atoms with Gasteiger partial charge in [0.2, 0.25) is 0 Å². The second kappa shape index (κ2) is 10.4. The standard InChI is InChI=1S/C25H23F4NO3/c1-3-33-24(31)22(17-5-4-6-18(15-17)25(27,28)29)23(16-7-9-19(26)10-8-16)30-20-11-13-21(32-2)14-12-20/h4-15,22-23,30H,3H2,1-2H3/t22-,23+/m1/s1. The van der Waals surface area contributed by atoms with Crippen LogP contribution in [0.15, 0.2) is 72.8 Å². The molecule has 0 aliphatic carbocycles. The molecule has 0 aliphatic heterocycles. The first-order chi connectivity index (χ1) is 15.7. The molecule has 33 heavy (non-hydrogen) atoms. The number of esters is 1. The first kappa shape index (κ1) is 24.1. The minimum absolute atomic E-state index is 0.0486. The van der Waals surface area contributed by atoms with Crippen LogP contribution in [0.25, 0.3) is 0 Å². The second-order valence-electron chi connectivity index (χ2n) is 7.26. The van der Waals surface area contributed by atoms with Gasteiger partial charge in [0, 0.05) is 5.69 Å². The molecular formula is C25H23F4NO3. The number of hydrogen-bond donors (Lipinski definition) is 1. The zero-order valence-corrected chi connectivity index (χ0v) is 18.0. The maximum absolute atomic E-state index is 13.6. The molecule has 8 heteroatoms. The molecule has 0 aliphatic rings. The van der Waals surface area contributed by atoms with Crippen LogP contribution in [-0.4, -0.2) is 19.7 Å². The molecule has 174 valence electrons. The van der Waals surface area contributed by atoms with E-state index in [9.17, 15) is 22.4 Å². The lowest BCUT2D eigenvalue weighted by Crippen LogP contribution is -2.28. The summed E-state index contributed by atoms with van der Waals surface area (Å²) in [5.74, 6) is -1.71. The maximum atomic E-state index is 13.6. The minimum Gasteiger partial charge on any atom is -0.497 e. The Hall–Kier alpha value is -3.55. The summed E-state index contributed by atoms with van der Waals surface area (Å²) in [6.45, 7) is 1.66. The maximum Gasteiger partial charge on any atom is 0.416 e. The second-order valence-corrected chi connectivity index (χ2v) is 7.26. The van der Waals surface area contributed by atoms with Gasteiger partial charge in [0.1, 0.15) is 17.5 Å². The van der Waals surface area contributed by atoms with Crippen molar-refractivity contribution in [1.29, 1.82) is 0 Å². The third-order valence-electron chi connectivity index (χ3n) is 5.09. The van der Waals surface area contributed by atoms with Gasteiger partial charge < -0.3 is 14.8 Å². The van der Waals surface area contributed by atoms with Crippen LogP contribution < -0.4 is 10.1 Å². The Morgan fingerprint density at radius 1 is 0.970 bits per heavy atom. The van der Waals surface area contributed by atoms with Gasteiger partial charge in [-0.1, -0.05) is 30.3 Å². The third kappa shape index (κ3) is 6.03. The van der Waals surface area contributed by atoms with E-state index in [4.69, 9.17) is 9.47 Å². The number of halogens is 4. The number of anilines is 1. The highest BCUT2D eigenvalue weighted by Gasteiger charge is 2.36. The van der Waals surface area contributed by atoms with E-state index in [1.165, 1.54) is 43.5 Å². The summed E-state index contributed by atoms with van der Waals surface area (Å²) in [5, 5.41) is 3.20. The summed E-state index contributed by atoms with van der Waals surface area (Å²) in [4.78, 5) is 13.0. The molecule has 0 spiro atoms. The van der Waals surface area contributed by atoms with Crippen LogP contribution in [0.3, 0.4) is 0 Å². The lowest BCUT2D eigenvalue weighted by atomic mass is 9.86. The predicted octanol–water partition coefficient (Wildman–Crippen LogP) is 6.35. The number of carbonyl (C=O) groups excluding carboxylic acids is 1. The van der Waals surface area contributed by atoms with Crippen LogP contribution >= 0.6 is 0 Å². The molecule has 0 fully saturated rings. The third-order valence-corrected chi connectivity index (χ3v) is 5.09. The van der Waals surface area contributed by atoms with Crippen molar-refractivity contribution in [2.45, 2.75) is 25.1 Å². The normalized spacial score (nSPS) is 13.2. The summed E-state index contributed by atoms with van der Waals surface area (Å²) < 4.78 is 64.1. The monoisotopic (exact) mass is 461 g/mol. The average molecular weight is 461 g/mol. The zero-order valence-electron chi connectivity index (χ0n) is 18.0. The molecule has 0 aromatic heterocycles. The smallest absolute Gasteiger partial charge is 0.416 e. The summed E-state index contributed by atoms with van der Waals surface area (Å²) in [5.41, 5.74) is 0.337. The molecule has 3 aromatic carbocycles. The van der Waals surface area contributed by atoms with E-state index in [-0.39, 0.29) is 12.2 Å². The van der Waals surface area contributed by atoms with Gasteiger partial charge in [0.05, 0.1) is 25.3 Å². The fraction of sp³-hybridized carbons (Fsp3) is 0.240. The Balaban J connectivity index is 2.12. The highest BCUT2D eigenvalue weighted by atomic mass is 19.4. The summed E-state index contributed by atoms with van der Waals surface area (Å²) in [7, 11) is 1.52. The number of nitrogens with one attached hydrogen (secondary N) is 1. The molecule has 0 amide bonds. The average Bonchev–Trinajstić information content (AvgIpc) is 2.79. The number of rotatable bonds is 8. The van der Waals surface area contributed by atoms with Crippen LogP contribution in [0.1, 0.15) is 35.6 Å². The van der Waals surface area contributed by atoms with Gasteiger partial charge in [0.25, 0.3) is 0 Å². The van der Waals surface area contributed by atoms with Crippen molar-refractivity contribution in [2.75, 3.05) is 19.0 Å². The van der Waals surface area contributed by atoms with Gasteiger partial charge >= 0.3 is 12.1 Å². The van der Waals surface area contributed by atoms with Crippen molar-refractivity contribution in [1.82, 2.24) is 0 Å². The number of carbonyl (C=O) groups is 1. The summed E-state index contributed by atoms with van der Waals surface area (Å²) in [6.07, 6.45) is -4.58. The van der Waals surface area contributed by atoms with Crippen molar-refractivity contribution in [3.05, 3.63) is 95.3 Å². The van der Waals surface area contributed by atoms with E-state index in [0.29, 0.717) is 17.0 Å². The molecule has 1 N–H and O–H groups in total. The number of hydrogen-bond acceptors (Lipinski definition) is 4. The van der Waals surface area contributed by atoms with Crippen molar-refractivity contribution < 1.29 is 31.8 Å². The fourth-order valence-corrected chi connectivity index (χ4v) is 3.50. The highest BCUT2D eigenvalue weighted by molar-refractivity contribution is 5.80. The van der Waals surface area contributed by atoms with Gasteiger partial charge in [-0.15, -0.1) is 0 Å². The quantitative estimate of drug-likeness (QED) is 0.314. The van der Waals surface area contributed by atoms with Crippen molar-refractivity contribution >= 4 is 11.7 Å². The van der Waals surface area contributed by atoms with Crippen LogP contribution in [0, 0.1) is 5.82 Å². The Morgan fingerprint density at radius 3 is 2.21 bits per heavy atom. The predicted molar refractivity (Wildman–Crippen MR) is 117 cm³/mol. The van der Waals surface area contributed by atoms with E-state index in [1.807, 2.05) is 0 Å². The number of alkyl halides is 3. The lowest BCUT2D eigenvalue weighted by Gasteiger charge is -2.29. The Kier molecular flexibility index (Phi) is 7.58. The summed E-state index contributed by atoms with van der Waals surface area (Å²) >= 11 is 0. The molecule has 0 unspecified atom stereocenters. The van der Waals surface area contributed by atoms with Crippen molar-refractivity contribution in [2.24, 2.45) is 0 Å². The molecule has 3 aromatic rings. The molecule has 0 saturated carbocycles. The van der Waals surface area contributed by atoms with E-state index >= 15 is 0 Å². The molecule has 2 atom stereocenters. The molecule has 3 rings (SSSR count). The van der Waals surface area contributed by atoms with E-state index < -0.39 is 35.5 Å². The first-order valence-electron chi connectivity index (χ1n) is 10.2. The van der Waals surface area contributed by atoms with Crippen LogP contribution in [0.5, 0.6) is 5.75 Å². The topological polar surface area (TPSA) is 47.6 Å². The van der Waals surface area contributed by atoms with Crippen LogP contribution in [0.4, 0.5) is 23.2 Å². The number of benzene rings is 3. The Labute approximate surface area is 189 Å². The molecule has 0 bridgehead atoms. The molecule has 4 nitrogen and oxygen atoms in total. The number of ether oxygens (including phenoxy) is 2. The van der Waals surface area contributed by atoms with Crippen LogP contribution in [0.2, 0.25) is 0 Å². The van der Waals surface area contributed by atoms with Gasteiger partial charge in [-0.2, -0.15) is 13.2 Å². The SMILES string of the molecule is CCOC(=O)[C@H](c1cccc(C(F)(F)F)c1)[C@@H](Nc1ccc(OC)cc1)c1ccc(F)cc1. The van der Waals surface area contributed by atoms with Crippen LogP contribution in [-0.2, 0) is 15.7 Å². The first-order valence-corrected chi connectivity index (χ1v) is 10.2. The van der Waals surface area contributed by atoms with Gasteiger partial charge in [0.15, 0.2) is 0 Å². The van der Waals surface area contributed by atoms with E-state index in [2.05, 4.69) is 5.32 Å². The highest BCUT2D eigenvalue weighted by Crippen LogP contribution is 2.38. The van der Waals surface area contributed by atoms with Gasteiger partial charge in [-0.05, 0) is 60.5 Å². The Morgan fingerprint density at radius 2 is 1.64 bits per heavy atom. The lowest BCUT2D eigenvalue weighted by molar-refractivity contribution is -0.145. The molecule has 0 heterocycles. The zero-order chi connectivity index (χ0) is 24.0. The van der Waals surface area contributed by atoms with Gasteiger partial charge in [-0.3, -0.25) is 4.79 Å². The fourth-order valence-electron chi connectivity index (χ4n) is 3.50. The largest absolute Gasteiger partial charge is 0.497 e. The Bertz CT molecular complexity index is 1070. The minimum atomic E-state index is -4.58. The van der Waals surface area contributed by atoms with Crippen molar-refractivity contribution in [3.8, 4) is 5.75 Å². The van der Waals surface area contributed by atoms with Gasteiger partial charge in [-0.25, -0.2) is 4.39 Å². The number of methoxy groups -OCH3 is 1. The molecule has 0 saturated heterocycles. The van der Waals surface area contributed by atoms with E-state index in [1.54, 1.807) is 31.2 Å². The summed E-state index contributed by atoms with van der Waals surface area (Å²) in [6, 6.07) is 16.0. The molecule has 0 radical (unpaired) electrons. The molecular weight excluding hydrogens is 438 g/mol. The van der Waals surface area contributed by atoms with E-state index in [0.717, 1.165) is 12.1 Å². The van der Waals surface area contributed by atoms with Crippen molar-refractivity contribution in [3.63, 3.8) is 0 Å².